The molecule has 0 aliphatic rings. The molecule has 2 aromatic heterocycles. The maximum Gasteiger partial charge on any atom is 0.267 e. The topological polar surface area (TPSA) is 76.9 Å². The van der Waals surface area contributed by atoms with Crippen molar-refractivity contribution >= 4 is 39.7 Å². The van der Waals surface area contributed by atoms with Crippen LogP contribution in [-0.2, 0) is 13.0 Å². The van der Waals surface area contributed by atoms with Crippen LogP contribution in [0.5, 0.6) is 0 Å². The summed E-state index contributed by atoms with van der Waals surface area (Å²) in [7, 11) is 0. The number of fused-ring (bicyclic) bond motifs is 1. The summed E-state index contributed by atoms with van der Waals surface area (Å²) in [6.45, 7) is 6.46. The number of benzene rings is 1. The van der Waals surface area contributed by atoms with Crippen LogP contribution in [0.15, 0.2) is 24.4 Å². The summed E-state index contributed by atoms with van der Waals surface area (Å²) in [4.78, 5) is 32.6. The van der Waals surface area contributed by atoms with Crippen LogP contribution < -0.4 is 5.32 Å². The Morgan fingerprint density at radius 1 is 1.29 bits per heavy atom. The van der Waals surface area contributed by atoms with Crippen LogP contribution in [-0.4, -0.2) is 26.2 Å². The second-order valence-electron chi connectivity index (χ2n) is 5.37. The van der Waals surface area contributed by atoms with E-state index in [1.54, 1.807) is 0 Å². The molecule has 24 heavy (non-hydrogen) atoms. The molecule has 0 atom stereocenters. The molecule has 0 saturated carbocycles. The van der Waals surface area contributed by atoms with Crippen LogP contribution in [0.25, 0.3) is 11.0 Å². The number of ketones is 1. The van der Waals surface area contributed by atoms with Crippen molar-refractivity contribution in [1.29, 1.82) is 0 Å². The highest BCUT2D eigenvalue weighted by atomic mass is 32.1. The van der Waals surface area contributed by atoms with E-state index in [0.717, 1.165) is 41.2 Å². The van der Waals surface area contributed by atoms with E-state index in [1.807, 2.05) is 18.2 Å². The zero-order valence-corrected chi connectivity index (χ0v) is 14.6. The number of Topliss-reactive ketones (excluding diaryl/α,β-unsaturated/α-hetero) is 1. The molecule has 3 rings (SSSR count). The van der Waals surface area contributed by atoms with Gasteiger partial charge in [0.1, 0.15) is 10.7 Å². The highest BCUT2D eigenvalue weighted by molar-refractivity contribution is 7.15. The van der Waals surface area contributed by atoms with Gasteiger partial charge in [-0.05, 0) is 25.1 Å². The molecule has 3 aromatic rings. The number of aromatic nitrogens is 3. The minimum atomic E-state index is -0.273. The number of aryl methyl sites for hydroxylation is 2. The fourth-order valence-corrected chi connectivity index (χ4v) is 3.32. The van der Waals surface area contributed by atoms with E-state index < -0.39 is 0 Å². The van der Waals surface area contributed by atoms with Gasteiger partial charge in [0.2, 0.25) is 0 Å². The van der Waals surface area contributed by atoms with E-state index in [9.17, 15) is 9.59 Å². The molecular weight excluding hydrogens is 324 g/mol. The standard InChI is InChI=1S/C17H18N4O2S/c1-4-15-20-12-8-11(6-7-13(12)21(15)5-2)19-16(23)14-9-18-17(24-14)10(3)22/h6-9H,4-5H2,1-3H3,(H,19,23). The lowest BCUT2D eigenvalue weighted by Gasteiger charge is -2.05. The molecule has 2 heterocycles. The van der Waals surface area contributed by atoms with Crippen molar-refractivity contribution in [1.82, 2.24) is 14.5 Å². The largest absolute Gasteiger partial charge is 0.328 e. The van der Waals surface area contributed by atoms with Gasteiger partial charge in [-0.25, -0.2) is 9.97 Å². The van der Waals surface area contributed by atoms with Gasteiger partial charge in [0.15, 0.2) is 10.8 Å². The number of carbonyl (C=O) groups is 2. The minimum Gasteiger partial charge on any atom is -0.328 e. The number of amides is 1. The van der Waals surface area contributed by atoms with Crippen LogP contribution >= 0.6 is 11.3 Å². The second kappa shape index (κ2) is 6.52. The van der Waals surface area contributed by atoms with Gasteiger partial charge >= 0.3 is 0 Å². The van der Waals surface area contributed by atoms with Crippen molar-refractivity contribution in [2.45, 2.75) is 33.7 Å². The molecule has 0 fully saturated rings. The molecule has 0 spiro atoms. The summed E-state index contributed by atoms with van der Waals surface area (Å²) in [5.74, 6) is 0.618. The van der Waals surface area contributed by atoms with Gasteiger partial charge in [0, 0.05) is 25.6 Å². The first-order valence-corrected chi connectivity index (χ1v) is 8.62. The minimum absolute atomic E-state index is 0.141. The highest BCUT2D eigenvalue weighted by Crippen LogP contribution is 2.22. The van der Waals surface area contributed by atoms with Crippen LogP contribution in [0.1, 0.15) is 46.1 Å². The molecule has 0 aliphatic carbocycles. The first kappa shape index (κ1) is 16.3. The van der Waals surface area contributed by atoms with Crippen molar-refractivity contribution in [3.05, 3.63) is 40.1 Å². The SMILES string of the molecule is CCc1nc2cc(NC(=O)c3cnc(C(C)=O)s3)ccc2n1CC. The molecule has 0 unspecified atom stereocenters. The summed E-state index contributed by atoms with van der Waals surface area (Å²) in [6.07, 6.45) is 2.29. The number of hydrogen-bond donors (Lipinski definition) is 1. The van der Waals surface area contributed by atoms with E-state index in [-0.39, 0.29) is 11.7 Å². The van der Waals surface area contributed by atoms with E-state index in [0.29, 0.717) is 15.6 Å². The lowest BCUT2D eigenvalue weighted by molar-refractivity contribution is 0.101. The molecule has 0 saturated heterocycles. The molecule has 6 nitrogen and oxygen atoms in total. The normalized spacial score (nSPS) is 11.0. The van der Waals surface area contributed by atoms with Crippen molar-refractivity contribution in [3.63, 3.8) is 0 Å². The van der Waals surface area contributed by atoms with Crippen molar-refractivity contribution < 1.29 is 9.59 Å². The predicted molar refractivity (Wildman–Crippen MR) is 94.9 cm³/mol. The van der Waals surface area contributed by atoms with E-state index in [1.165, 1.54) is 13.1 Å². The smallest absolute Gasteiger partial charge is 0.267 e. The molecule has 1 aromatic carbocycles. The lowest BCUT2D eigenvalue weighted by atomic mass is 10.2. The zero-order chi connectivity index (χ0) is 17.3. The fourth-order valence-electron chi connectivity index (χ4n) is 2.61. The Balaban J connectivity index is 1.86. The Morgan fingerprint density at radius 2 is 2.08 bits per heavy atom. The van der Waals surface area contributed by atoms with E-state index in [2.05, 4.69) is 33.7 Å². The predicted octanol–water partition coefficient (Wildman–Crippen LogP) is 3.53. The Morgan fingerprint density at radius 3 is 2.71 bits per heavy atom. The van der Waals surface area contributed by atoms with Gasteiger partial charge in [-0.2, -0.15) is 0 Å². The highest BCUT2D eigenvalue weighted by Gasteiger charge is 2.14. The van der Waals surface area contributed by atoms with Gasteiger partial charge in [0.25, 0.3) is 5.91 Å². The first-order chi connectivity index (χ1) is 11.5. The van der Waals surface area contributed by atoms with Crippen molar-refractivity contribution in [2.75, 3.05) is 5.32 Å². The summed E-state index contributed by atoms with van der Waals surface area (Å²) in [5, 5.41) is 3.18. The molecule has 0 aliphatic heterocycles. The molecular formula is C17H18N4O2S. The van der Waals surface area contributed by atoms with Crippen LogP contribution in [0, 0.1) is 0 Å². The summed E-state index contributed by atoms with van der Waals surface area (Å²) >= 11 is 1.09. The van der Waals surface area contributed by atoms with Gasteiger partial charge in [-0.15, -0.1) is 11.3 Å². The quantitative estimate of drug-likeness (QED) is 0.720. The number of nitrogens with one attached hydrogen (secondary N) is 1. The fraction of sp³-hybridized carbons (Fsp3) is 0.294. The van der Waals surface area contributed by atoms with E-state index >= 15 is 0 Å². The molecule has 7 heteroatoms. The average Bonchev–Trinajstić information content (AvgIpc) is 3.18. The molecule has 0 radical (unpaired) electrons. The molecule has 0 bridgehead atoms. The maximum absolute atomic E-state index is 12.3. The first-order valence-electron chi connectivity index (χ1n) is 7.80. The number of thiazole rings is 1. The van der Waals surface area contributed by atoms with E-state index in [4.69, 9.17) is 0 Å². The van der Waals surface area contributed by atoms with Crippen LogP contribution in [0.3, 0.4) is 0 Å². The number of hydrogen-bond acceptors (Lipinski definition) is 5. The van der Waals surface area contributed by atoms with Crippen molar-refractivity contribution in [3.8, 4) is 0 Å². The maximum atomic E-state index is 12.3. The summed E-state index contributed by atoms with van der Waals surface area (Å²) in [5.41, 5.74) is 2.60. The third kappa shape index (κ3) is 2.94. The van der Waals surface area contributed by atoms with Gasteiger partial charge in [-0.1, -0.05) is 6.92 Å². The molecule has 1 amide bonds. The van der Waals surface area contributed by atoms with Crippen molar-refractivity contribution in [2.24, 2.45) is 0 Å². The Kier molecular flexibility index (Phi) is 4.44. The zero-order valence-electron chi connectivity index (χ0n) is 13.8. The van der Waals surface area contributed by atoms with Gasteiger partial charge in [0.05, 0.1) is 17.2 Å². The molecule has 124 valence electrons. The van der Waals surface area contributed by atoms with Crippen LogP contribution in [0.4, 0.5) is 5.69 Å². The summed E-state index contributed by atoms with van der Waals surface area (Å²) < 4.78 is 2.17. The second-order valence-corrected chi connectivity index (χ2v) is 6.40. The third-order valence-electron chi connectivity index (χ3n) is 3.75. The number of nitrogens with zero attached hydrogens (tertiary/aromatic N) is 3. The summed E-state index contributed by atoms with van der Waals surface area (Å²) in [6, 6.07) is 5.69. The third-order valence-corrected chi connectivity index (χ3v) is 4.85. The number of carbonyl (C=O) groups excluding carboxylic acids is 2. The Labute approximate surface area is 143 Å². The molecule has 1 N–H and O–H groups in total. The number of anilines is 1. The van der Waals surface area contributed by atoms with Gasteiger partial charge < -0.3 is 9.88 Å². The average molecular weight is 342 g/mol. The Bertz CT molecular complexity index is 926. The number of rotatable bonds is 5. The monoisotopic (exact) mass is 342 g/mol. The lowest BCUT2D eigenvalue weighted by Crippen LogP contribution is -2.10. The number of imidazole rings is 1. The van der Waals surface area contributed by atoms with Crippen LogP contribution in [0.2, 0.25) is 0 Å². The Hall–Kier alpha value is -2.54. The van der Waals surface area contributed by atoms with Gasteiger partial charge in [-0.3, -0.25) is 9.59 Å².